The van der Waals surface area contributed by atoms with E-state index >= 15 is 0 Å². The molecule has 0 radical (unpaired) electrons. The third-order valence-corrected chi connectivity index (χ3v) is 6.33. The van der Waals surface area contributed by atoms with Gasteiger partial charge >= 0.3 is 0 Å². The van der Waals surface area contributed by atoms with Crippen LogP contribution in [0.2, 0.25) is 0 Å². The van der Waals surface area contributed by atoms with Gasteiger partial charge in [-0.05, 0) is 47.7 Å². The molecule has 2 aromatic rings. The fraction of sp³-hybridized carbons (Fsp3) is 0.500. The molecule has 2 aliphatic rings. The summed E-state index contributed by atoms with van der Waals surface area (Å²) in [5.74, 6) is 2.13. The zero-order valence-electron chi connectivity index (χ0n) is 19.5. The van der Waals surface area contributed by atoms with Crippen molar-refractivity contribution in [3.63, 3.8) is 0 Å². The topological polar surface area (TPSA) is 136 Å². The summed E-state index contributed by atoms with van der Waals surface area (Å²) in [7, 11) is 6.14. The fourth-order valence-electron chi connectivity index (χ4n) is 4.56. The molecule has 5 unspecified atom stereocenters. The number of methoxy groups -OCH3 is 4. The van der Waals surface area contributed by atoms with E-state index in [0.717, 1.165) is 28.7 Å². The molecule has 10 nitrogen and oxygen atoms in total. The number of rotatable bonds is 7. The third kappa shape index (κ3) is 4.01. The van der Waals surface area contributed by atoms with Crippen LogP contribution in [0.5, 0.6) is 28.7 Å². The molecule has 0 bridgehead atoms. The number of aliphatic hydroxyl groups excluding tert-OH is 4. The highest BCUT2D eigenvalue weighted by Gasteiger charge is 2.45. The highest BCUT2D eigenvalue weighted by Crippen LogP contribution is 2.51. The highest BCUT2D eigenvalue weighted by atomic mass is 16.7. The number of hydrogen-bond donors (Lipinski definition) is 4. The van der Waals surface area contributed by atoms with Gasteiger partial charge in [-0.15, -0.1) is 0 Å². The summed E-state index contributed by atoms with van der Waals surface area (Å²) >= 11 is 0. The second kappa shape index (κ2) is 9.85. The molecule has 1 aliphatic carbocycles. The summed E-state index contributed by atoms with van der Waals surface area (Å²) in [5, 5.41) is 40.0. The summed E-state index contributed by atoms with van der Waals surface area (Å²) in [5.41, 5.74) is 3.71. The van der Waals surface area contributed by atoms with Crippen LogP contribution < -0.4 is 23.7 Å². The molecule has 1 saturated heterocycles. The van der Waals surface area contributed by atoms with E-state index in [-0.39, 0.29) is 11.5 Å². The molecule has 186 valence electrons. The van der Waals surface area contributed by atoms with Crippen molar-refractivity contribution in [2.45, 2.75) is 43.5 Å². The SMILES string of the molecule is COc1cc2c(cc1OC)-c1c(cc(OC3OC(CO)C(O)C(O)C3O)c(OC)c1OC)CC2. The van der Waals surface area contributed by atoms with Gasteiger partial charge in [0.05, 0.1) is 35.0 Å². The van der Waals surface area contributed by atoms with Gasteiger partial charge in [-0.1, -0.05) is 0 Å². The molecule has 4 rings (SSSR count). The number of aliphatic hydroxyl groups is 4. The number of fused-ring (bicyclic) bond motifs is 3. The summed E-state index contributed by atoms with van der Waals surface area (Å²) in [6.07, 6.45) is -5.64. The van der Waals surface area contributed by atoms with Crippen molar-refractivity contribution in [1.29, 1.82) is 0 Å². The maximum atomic E-state index is 10.4. The molecule has 34 heavy (non-hydrogen) atoms. The van der Waals surface area contributed by atoms with Crippen molar-refractivity contribution in [2.75, 3.05) is 35.0 Å². The molecule has 5 atom stereocenters. The van der Waals surface area contributed by atoms with E-state index in [1.165, 1.54) is 14.2 Å². The Morgan fingerprint density at radius 1 is 0.765 bits per heavy atom. The predicted octanol–water partition coefficient (Wildman–Crippen LogP) is 0.665. The van der Waals surface area contributed by atoms with Crippen LogP contribution >= 0.6 is 0 Å². The molecule has 1 heterocycles. The van der Waals surface area contributed by atoms with Gasteiger partial charge in [0.25, 0.3) is 0 Å². The van der Waals surface area contributed by atoms with Gasteiger partial charge in [-0.3, -0.25) is 0 Å². The zero-order chi connectivity index (χ0) is 24.6. The van der Waals surface area contributed by atoms with Gasteiger partial charge in [0, 0.05) is 5.56 Å². The Morgan fingerprint density at radius 2 is 1.38 bits per heavy atom. The third-order valence-electron chi connectivity index (χ3n) is 6.33. The Labute approximate surface area is 197 Å². The average molecular weight is 478 g/mol. The van der Waals surface area contributed by atoms with Crippen LogP contribution in [0.25, 0.3) is 11.1 Å². The Bertz CT molecular complexity index is 1040. The lowest BCUT2D eigenvalue weighted by atomic mass is 9.84. The van der Waals surface area contributed by atoms with E-state index in [0.29, 0.717) is 23.7 Å². The Hall–Kier alpha value is -2.76. The first-order valence-corrected chi connectivity index (χ1v) is 10.9. The minimum atomic E-state index is -1.56. The molecule has 1 aliphatic heterocycles. The monoisotopic (exact) mass is 478 g/mol. The second-order valence-corrected chi connectivity index (χ2v) is 8.15. The van der Waals surface area contributed by atoms with Gasteiger partial charge in [0.1, 0.15) is 24.4 Å². The van der Waals surface area contributed by atoms with E-state index in [4.69, 9.17) is 28.4 Å². The molecular weight excluding hydrogens is 448 g/mol. The van der Waals surface area contributed by atoms with Crippen LogP contribution in [0.4, 0.5) is 0 Å². The smallest absolute Gasteiger partial charge is 0.229 e. The number of ether oxygens (including phenoxy) is 6. The van der Waals surface area contributed by atoms with Crippen LogP contribution in [0.3, 0.4) is 0 Å². The minimum Gasteiger partial charge on any atom is -0.493 e. The van der Waals surface area contributed by atoms with Crippen molar-refractivity contribution in [3.05, 3.63) is 29.3 Å². The van der Waals surface area contributed by atoms with Gasteiger partial charge in [0.2, 0.25) is 12.0 Å². The average Bonchev–Trinajstić information content (AvgIpc) is 2.86. The normalized spacial score (nSPS) is 25.7. The molecule has 4 N–H and O–H groups in total. The van der Waals surface area contributed by atoms with Crippen LogP contribution in [0, 0.1) is 0 Å². The van der Waals surface area contributed by atoms with Gasteiger partial charge in [-0.25, -0.2) is 0 Å². The van der Waals surface area contributed by atoms with Crippen molar-refractivity contribution in [3.8, 4) is 39.9 Å². The lowest BCUT2D eigenvalue weighted by Crippen LogP contribution is -2.60. The van der Waals surface area contributed by atoms with E-state index in [1.54, 1.807) is 20.3 Å². The maximum absolute atomic E-state index is 10.4. The summed E-state index contributed by atoms with van der Waals surface area (Å²) in [6, 6.07) is 5.62. The van der Waals surface area contributed by atoms with E-state index in [2.05, 4.69) is 0 Å². The highest BCUT2D eigenvalue weighted by molar-refractivity contribution is 5.84. The largest absolute Gasteiger partial charge is 0.493 e. The Balaban J connectivity index is 1.79. The van der Waals surface area contributed by atoms with Crippen molar-refractivity contribution in [2.24, 2.45) is 0 Å². The molecule has 0 amide bonds. The molecular formula is C24H30O10. The predicted molar refractivity (Wildman–Crippen MR) is 120 cm³/mol. The summed E-state index contributed by atoms with van der Waals surface area (Å²) in [4.78, 5) is 0. The first kappa shape index (κ1) is 24.4. The van der Waals surface area contributed by atoms with Crippen LogP contribution in [0.1, 0.15) is 11.1 Å². The zero-order valence-corrected chi connectivity index (χ0v) is 19.5. The standard InChI is InChI=1S/C24H30O10/c1-29-14-7-11-5-6-12-8-16(33-24-21(28)20(27)19(26)17(10-25)34-24)22(31-3)23(32-4)18(12)13(11)9-15(14)30-2/h7-9,17,19-21,24-28H,5-6,10H2,1-4H3. The molecule has 0 saturated carbocycles. The van der Waals surface area contributed by atoms with Crippen molar-refractivity contribution in [1.82, 2.24) is 0 Å². The van der Waals surface area contributed by atoms with Crippen molar-refractivity contribution >= 4 is 0 Å². The first-order chi connectivity index (χ1) is 16.4. The Kier molecular flexibility index (Phi) is 7.06. The molecule has 1 fully saturated rings. The van der Waals surface area contributed by atoms with Crippen LogP contribution in [-0.2, 0) is 17.6 Å². The molecule has 2 aromatic carbocycles. The quantitative estimate of drug-likeness (QED) is 0.449. The first-order valence-electron chi connectivity index (χ1n) is 10.9. The number of hydrogen-bond acceptors (Lipinski definition) is 10. The van der Waals surface area contributed by atoms with Gasteiger partial charge in [-0.2, -0.15) is 0 Å². The maximum Gasteiger partial charge on any atom is 0.229 e. The number of aryl methyl sites for hydroxylation is 2. The summed E-state index contributed by atoms with van der Waals surface area (Å²) in [6.45, 7) is -0.558. The lowest BCUT2D eigenvalue weighted by Gasteiger charge is -2.39. The Morgan fingerprint density at radius 3 is 2.00 bits per heavy atom. The van der Waals surface area contributed by atoms with E-state index in [9.17, 15) is 20.4 Å². The second-order valence-electron chi connectivity index (χ2n) is 8.15. The number of benzene rings is 2. The van der Waals surface area contributed by atoms with Crippen LogP contribution in [0.15, 0.2) is 18.2 Å². The lowest BCUT2D eigenvalue weighted by molar-refractivity contribution is -0.277. The van der Waals surface area contributed by atoms with Crippen LogP contribution in [-0.4, -0.2) is 86.2 Å². The van der Waals surface area contributed by atoms with Gasteiger partial charge in [0.15, 0.2) is 23.0 Å². The minimum absolute atomic E-state index is 0.228. The molecule has 10 heteroatoms. The molecule has 0 spiro atoms. The van der Waals surface area contributed by atoms with E-state index < -0.39 is 37.3 Å². The van der Waals surface area contributed by atoms with E-state index in [1.807, 2.05) is 12.1 Å². The van der Waals surface area contributed by atoms with Crippen molar-refractivity contribution < 1.29 is 48.8 Å². The summed E-state index contributed by atoms with van der Waals surface area (Å²) < 4.78 is 33.7. The molecule has 0 aromatic heterocycles. The van der Waals surface area contributed by atoms with Gasteiger partial charge < -0.3 is 48.8 Å². The fourth-order valence-corrected chi connectivity index (χ4v) is 4.56.